The fourth-order valence-electron chi connectivity index (χ4n) is 1.39. The topological polar surface area (TPSA) is 30.4 Å². The molecule has 3 heteroatoms. The van der Waals surface area contributed by atoms with Gasteiger partial charge in [-0.05, 0) is 11.5 Å². The van der Waals surface area contributed by atoms with Crippen LogP contribution < -0.4 is 0 Å². The van der Waals surface area contributed by atoms with Gasteiger partial charge >= 0.3 is 0 Å². The van der Waals surface area contributed by atoms with Gasteiger partial charge in [0.05, 0.1) is 0 Å². The number of nitrogens with zero attached hydrogens (tertiary/aromatic N) is 2. The van der Waals surface area contributed by atoms with Gasteiger partial charge in [-0.25, -0.2) is 4.52 Å². The molecule has 2 heterocycles. The Labute approximate surface area is 83.7 Å². The van der Waals surface area contributed by atoms with E-state index in [4.69, 9.17) is 4.42 Å². The number of aromatic nitrogens is 2. The molecular weight excluding hydrogens is 176 g/mol. The molecular formula is C11H16N2O. The van der Waals surface area contributed by atoms with Gasteiger partial charge in [0.25, 0.3) is 0 Å². The summed E-state index contributed by atoms with van der Waals surface area (Å²) in [6.45, 7) is 8.49. The van der Waals surface area contributed by atoms with Crippen molar-refractivity contribution >= 4 is 5.71 Å². The molecule has 0 aliphatic rings. The van der Waals surface area contributed by atoms with E-state index in [-0.39, 0.29) is 0 Å². The highest BCUT2D eigenvalue weighted by atomic mass is 16.4. The van der Waals surface area contributed by atoms with Crippen molar-refractivity contribution in [3.63, 3.8) is 0 Å². The van der Waals surface area contributed by atoms with Crippen LogP contribution in [0.15, 0.2) is 16.7 Å². The molecule has 2 aromatic heterocycles. The maximum atomic E-state index is 5.61. The van der Waals surface area contributed by atoms with E-state index >= 15 is 0 Å². The molecule has 0 aliphatic heterocycles. The lowest BCUT2D eigenvalue weighted by Gasteiger charge is -1.97. The summed E-state index contributed by atoms with van der Waals surface area (Å²) in [5.74, 6) is 1.67. The van der Waals surface area contributed by atoms with Crippen LogP contribution in [0.2, 0.25) is 0 Å². The average molecular weight is 192 g/mol. The van der Waals surface area contributed by atoms with Crippen molar-refractivity contribution in [2.75, 3.05) is 0 Å². The van der Waals surface area contributed by atoms with Gasteiger partial charge in [0.1, 0.15) is 0 Å². The van der Waals surface area contributed by atoms with Crippen molar-refractivity contribution in [2.45, 2.75) is 39.5 Å². The van der Waals surface area contributed by atoms with Crippen molar-refractivity contribution in [3.05, 3.63) is 23.7 Å². The standard InChI is InChI=1S/C11H16N2O/c1-7(2)9-5-10-13(6-9)12-11(14-10)8(3)4/h5-8H,1-4H3. The second kappa shape index (κ2) is 3.15. The first kappa shape index (κ1) is 9.31. The molecule has 0 N–H and O–H groups in total. The van der Waals surface area contributed by atoms with Gasteiger partial charge in [0, 0.05) is 18.2 Å². The zero-order chi connectivity index (χ0) is 10.3. The van der Waals surface area contributed by atoms with E-state index in [0.717, 1.165) is 11.6 Å². The summed E-state index contributed by atoms with van der Waals surface area (Å²) < 4.78 is 7.44. The molecule has 2 aromatic rings. The van der Waals surface area contributed by atoms with Crippen molar-refractivity contribution in [2.24, 2.45) is 0 Å². The number of hydrogen-bond donors (Lipinski definition) is 0. The Balaban J connectivity index is 2.45. The maximum Gasteiger partial charge on any atom is 0.222 e. The van der Waals surface area contributed by atoms with Crippen LogP contribution in [0.1, 0.15) is 51.0 Å². The first-order chi connectivity index (χ1) is 6.58. The quantitative estimate of drug-likeness (QED) is 0.731. The fourth-order valence-corrected chi connectivity index (χ4v) is 1.39. The number of fused-ring (bicyclic) bond motifs is 1. The van der Waals surface area contributed by atoms with Crippen LogP contribution in [0.25, 0.3) is 5.71 Å². The van der Waals surface area contributed by atoms with Gasteiger partial charge in [-0.15, -0.1) is 5.10 Å². The first-order valence-corrected chi connectivity index (χ1v) is 5.07. The molecule has 0 atom stereocenters. The fraction of sp³-hybridized carbons (Fsp3) is 0.545. The third kappa shape index (κ3) is 1.43. The molecule has 0 amide bonds. The smallest absolute Gasteiger partial charge is 0.222 e. The Kier molecular flexibility index (Phi) is 2.10. The van der Waals surface area contributed by atoms with Crippen LogP contribution in [0.3, 0.4) is 0 Å². The SMILES string of the molecule is CC(C)c1cc2oc(C(C)C)nn2c1. The molecule has 0 spiro atoms. The average Bonchev–Trinajstić information content (AvgIpc) is 2.57. The van der Waals surface area contributed by atoms with Gasteiger partial charge in [0.15, 0.2) is 0 Å². The van der Waals surface area contributed by atoms with Gasteiger partial charge in [-0.2, -0.15) is 0 Å². The highest BCUT2D eigenvalue weighted by Crippen LogP contribution is 2.21. The van der Waals surface area contributed by atoms with Crippen molar-refractivity contribution in [1.82, 2.24) is 9.61 Å². The summed E-state index contributed by atoms with van der Waals surface area (Å²) in [5, 5.41) is 4.37. The molecule has 0 fully saturated rings. The second-order valence-corrected chi connectivity index (χ2v) is 4.31. The van der Waals surface area contributed by atoms with Crippen LogP contribution in [-0.4, -0.2) is 9.61 Å². The zero-order valence-corrected chi connectivity index (χ0v) is 9.11. The molecule has 2 rings (SSSR count). The predicted molar refractivity (Wildman–Crippen MR) is 55.6 cm³/mol. The maximum absolute atomic E-state index is 5.61. The second-order valence-electron chi connectivity index (χ2n) is 4.31. The molecule has 0 aliphatic carbocycles. The summed E-state index contributed by atoms with van der Waals surface area (Å²) in [6.07, 6.45) is 2.04. The lowest BCUT2D eigenvalue weighted by atomic mass is 10.1. The third-order valence-electron chi connectivity index (χ3n) is 2.36. The van der Waals surface area contributed by atoms with Crippen molar-refractivity contribution < 1.29 is 4.42 Å². The van der Waals surface area contributed by atoms with E-state index in [0.29, 0.717) is 11.8 Å². The molecule has 0 radical (unpaired) electrons. The van der Waals surface area contributed by atoms with Crippen LogP contribution >= 0.6 is 0 Å². The van der Waals surface area contributed by atoms with E-state index in [1.807, 2.05) is 10.7 Å². The highest BCUT2D eigenvalue weighted by Gasteiger charge is 2.11. The van der Waals surface area contributed by atoms with E-state index < -0.39 is 0 Å². The summed E-state index contributed by atoms with van der Waals surface area (Å²) in [6, 6.07) is 2.06. The Morgan fingerprint density at radius 3 is 2.43 bits per heavy atom. The zero-order valence-electron chi connectivity index (χ0n) is 9.11. The monoisotopic (exact) mass is 192 g/mol. The van der Waals surface area contributed by atoms with Gasteiger partial charge < -0.3 is 4.42 Å². The first-order valence-electron chi connectivity index (χ1n) is 5.07. The van der Waals surface area contributed by atoms with E-state index in [1.165, 1.54) is 5.56 Å². The minimum atomic E-state index is 0.345. The van der Waals surface area contributed by atoms with Crippen molar-refractivity contribution in [1.29, 1.82) is 0 Å². The molecule has 0 saturated carbocycles. The summed E-state index contributed by atoms with van der Waals surface area (Å²) in [5.41, 5.74) is 2.11. The number of hydrogen-bond acceptors (Lipinski definition) is 2. The summed E-state index contributed by atoms with van der Waals surface area (Å²) in [7, 11) is 0. The van der Waals surface area contributed by atoms with Crippen LogP contribution in [0.4, 0.5) is 0 Å². The minimum Gasteiger partial charge on any atom is -0.423 e. The van der Waals surface area contributed by atoms with Crippen molar-refractivity contribution in [3.8, 4) is 0 Å². The van der Waals surface area contributed by atoms with Crippen LogP contribution in [-0.2, 0) is 0 Å². The van der Waals surface area contributed by atoms with E-state index in [1.54, 1.807) is 0 Å². The normalized spacial score (nSPS) is 12.1. The summed E-state index contributed by atoms with van der Waals surface area (Å²) in [4.78, 5) is 0. The van der Waals surface area contributed by atoms with Gasteiger partial charge in [-0.3, -0.25) is 0 Å². The highest BCUT2D eigenvalue weighted by molar-refractivity contribution is 5.39. The third-order valence-corrected chi connectivity index (χ3v) is 2.36. The Hall–Kier alpha value is -1.25. The van der Waals surface area contributed by atoms with Crippen LogP contribution in [0, 0.1) is 0 Å². The minimum absolute atomic E-state index is 0.345. The Morgan fingerprint density at radius 1 is 1.21 bits per heavy atom. The van der Waals surface area contributed by atoms with E-state index in [9.17, 15) is 0 Å². The lowest BCUT2D eigenvalue weighted by molar-refractivity contribution is 0.501. The summed E-state index contributed by atoms with van der Waals surface area (Å²) >= 11 is 0. The molecule has 3 nitrogen and oxygen atoms in total. The molecule has 76 valence electrons. The molecule has 0 bridgehead atoms. The molecule has 0 unspecified atom stereocenters. The molecule has 0 aromatic carbocycles. The Morgan fingerprint density at radius 2 is 1.93 bits per heavy atom. The predicted octanol–water partition coefficient (Wildman–Crippen LogP) is 3.17. The lowest BCUT2D eigenvalue weighted by Crippen LogP contribution is -1.90. The molecule has 0 saturated heterocycles. The Bertz CT molecular complexity index is 368. The van der Waals surface area contributed by atoms with Gasteiger partial charge in [0.2, 0.25) is 11.6 Å². The van der Waals surface area contributed by atoms with Gasteiger partial charge in [-0.1, -0.05) is 27.7 Å². The number of rotatable bonds is 2. The van der Waals surface area contributed by atoms with E-state index in [2.05, 4.69) is 38.9 Å². The largest absolute Gasteiger partial charge is 0.423 e. The molecule has 14 heavy (non-hydrogen) atoms. The van der Waals surface area contributed by atoms with Crippen LogP contribution in [0.5, 0.6) is 0 Å².